The minimum Gasteiger partial charge on any atom is -0.331 e. The summed E-state index contributed by atoms with van der Waals surface area (Å²) in [5.74, 6) is 0. The number of para-hydroxylation sites is 3. The fraction of sp³-hybridized carbons (Fsp3) is 0.152. The molecule has 0 spiro atoms. The number of nitrogens with zero attached hydrogens (tertiary/aromatic N) is 2. The molecule has 0 bridgehead atoms. The lowest BCUT2D eigenvalue weighted by atomic mass is 9.33. The van der Waals surface area contributed by atoms with Crippen LogP contribution in [0.4, 0.5) is 11.4 Å². The van der Waals surface area contributed by atoms with Gasteiger partial charge in [0.15, 0.2) is 0 Å². The summed E-state index contributed by atoms with van der Waals surface area (Å²) in [6, 6.07) is 30.0. The maximum Gasteiger partial charge on any atom is 0.247 e. The molecular weight excluding hydrogens is 435 g/mol. The van der Waals surface area contributed by atoms with E-state index in [-0.39, 0.29) is 12.8 Å². The first-order valence-electron chi connectivity index (χ1n) is 13.0. The molecule has 3 heteroatoms. The molecule has 0 radical (unpaired) electrons. The summed E-state index contributed by atoms with van der Waals surface area (Å²) in [6.07, 6.45) is 5.73. The van der Waals surface area contributed by atoms with Gasteiger partial charge in [0.25, 0.3) is 0 Å². The van der Waals surface area contributed by atoms with Gasteiger partial charge in [-0.25, -0.2) is 0 Å². The molecule has 0 N–H and O–H groups in total. The SMILES string of the molecule is Cc1cc(C)c(B2c3ccccc3N3c4c2cccc4-n2c4c(c5ccccc52)C=CCC43)c(C)c1. The molecule has 36 heavy (non-hydrogen) atoms. The summed E-state index contributed by atoms with van der Waals surface area (Å²) in [5, 5.41) is 1.35. The molecule has 1 aromatic heterocycles. The highest BCUT2D eigenvalue weighted by Gasteiger charge is 2.44. The standard InChI is InChI=1S/C33H27BN2/c1-20-18-21(2)31(22(3)19-20)34-25-12-5-7-15-28(25)36-29-16-8-11-24-23-10-4-6-14-27(23)35(32(24)29)30-17-9-13-26(34)33(30)36/h4-15,17-19,29H,16H2,1-3H3. The topological polar surface area (TPSA) is 8.17 Å². The van der Waals surface area contributed by atoms with Crippen LogP contribution >= 0.6 is 0 Å². The van der Waals surface area contributed by atoms with E-state index in [2.05, 4.69) is 121 Å². The van der Waals surface area contributed by atoms with Crippen LogP contribution in [-0.2, 0) is 0 Å². The molecule has 4 aromatic carbocycles. The highest BCUT2D eigenvalue weighted by molar-refractivity contribution is 6.98. The molecule has 2 nitrogen and oxygen atoms in total. The first kappa shape index (κ1) is 20.2. The smallest absolute Gasteiger partial charge is 0.247 e. The van der Waals surface area contributed by atoms with Crippen molar-refractivity contribution in [2.24, 2.45) is 0 Å². The number of benzene rings is 4. The normalized spacial score (nSPS) is 16.7. The number of hydrogen-bond acceptors (Lipinski definition) is 1. The Labute approximate surface area is 212 Å². The average molecular weight is 462 g/mol. The van der Waals surface area contributed by atoms with E-state index in [1.165, 1.54) is 72.3 Å². The van der Waals surface area contributed by atoms with Gasteiger partial charge in [0, 0.05) is 16.6 Å². The van der Waals surface area contributed by atoms with E-state index in [9.17, 15) is 0 Å². The van der Waals surface area contributed by atoms with Gasteiger partial charge in [-0.05, 0) is 56.3 Å². The van der Waals surface area contributed by atoms with Crippen LogP contribution in [0.5, 0.6) is 0 Å². The third-order valence-corrected chi connectivity index (χ3v) is 8.60. The quantitative estimate of drug-likeness (QED) is 0.278. The van der Waals surface area contributed by atoms with Crippen LogP contribution < -0.4 is 21.3 Å². The Hall–Kier alpha value is -3.98. The minimum atomic E-state index is 0.218. The molecule has 5 aromatic rings. The Bertz CT molecular complexity index is 1750. The lowest BCUT2D eigenvalue weighted by Gasteiger charge is -2.47. The zero-order chi connectivity index (χ0) is 24.1. The van der Waals surface area contributed by atoms with Crippen LogP contribution in [0, 0.1) is 20.8 Å². The van der Waals surface area contributed by atoms with Gasteiger partial charge in [0.1, 0.15) is 0 Å². The first-order valence-corrected chi connectivity index (χ1v) is 13.0. The number of anilines is 2. The largest absolute Gasteiger partial charge is 0.331 e. The molecule has 3 heterocycles. The van der Waals surface area contributed by atoms with Crippen molar-refractivity contribution in [3.05, 3.63) is 113 Å². The number of hydrogen-bond donors (Lipinski definition) is 0. The van der Waals surface area contributed by atoms with E-state index in [0.29, 0.717) is 0 Å². The summed E-state index contributed by atoms with van der Waals surface area (Å²) >= 11 is 0. The van der Waals surface area contributed by atoms with Crippen molar-refractivity contribution in [1.29, 1.82) is 0 Å². The van der Waals surface area contributed by atoms with Crippen LogP contribution in [-0.4, -0.2) is 11.3 Å². The van der Waals surface area contributed by atoms with Gasteiger partial charge in [-0.15, -0.1) is 0 Å². The number of aromatic nitrogens is 1. The van der Waals surface area contributed by atoms with Crippen molar-refractivity contribution in [3.63, 3.8) is 0 Å². The Morgan fingerprint density at radius 2 is 1.50 bits per heavy atom. The van der Waals surface area contributed by atoms with Crippen molar-refractivity contribution < 1.29 is 0 Å². The third-order valence-electron chi connectivity index (χ3n) is 8.60. The number of aryl methyl sites for hydroxylation is 3. The predicted molar refractivity (Wildman–Crippen MR) is 154 cm³/mol. The summed E-state index contributed by atoms with van der Waals surface area (Å²) < 4.78 is 2.56. The maximum atomic E-state index is 2.66. The highest BCUT2D eigenvalue weighted by Crippen LogP contribution is 2.51. The molecule has 1 unspecified atom stereocenters. The molecule has 1 atom stereocenters. The van der Waals surface area contributed by atoms with Crippen LogP contribution in [0.15, 0.2) is 84.9 Å². The fourth-order valence-electron chi connectivity index (χ4n) is 7.45. The lowest BCUT2D eigenvalue weighted by molar-refractivity contribution is 0.647. The third kappa shape index (κ3) is 2.43. The minimum absolute atomic E-state index is 0.218. The Balaban J connectivity index is 1.52. The molecule has 8 rings (SSSR count). The monoisotopic (exact) mass is 462 g/mol. The van der Waals surface area contributed by atoms with E-state index < -0.39 is 0 Å². The molecule has 0 amide bonds. The van der Waals surface area contributed by atoms with Crippen molar-refractivity contribution >= 4 is 51.5 Å². The van der Waals surface area contributed by atoms with E-state index in [1.807, 2.05) is 0 Å². The molecule has 0 saturated heterocycles. The van der Waals surface area contributed by atoms with Crippen LogP contribution in [0.1, 0.15) is 40.4 Å². The second kappa shape index (κ2) is 7.04. The summed E-state index contributed by atoms with van der Waals surface area (Å²) in [5.41, 5.74) is 16.5. The second-order valence-corrected chi connectivity index (χ2v) is 10.7. The molecule has 2 aliphatic heterocycles. The Morgan fingerprint density at radius 3 is 2.36 bits per heavy atom. The highest BCUT2D eigenvalue weighted by atomic mass is 15.3. The van der Waals surface area contributed by atoms with Crippen molar-refractivity contribution in [1.82, 2.24) is 4.57 Å². The van der Waals surface area contributed by atoms with Gasteiger partial charge < -0.3 is 9.47 Å². The zero-order valence-corrected chi connectivity index (χ0v) is 20.9. The molecule has 1 aliphatic carbocycles. The molecule has 172 valence electrons. The van der Waals surface area contributed by atoms with E-state index >= 15 is 0 Å². The maximum absolute atomic E-state index is 2.66. The van der Waals surface area contributed by atoms with Gasteiger partial charge in [0.05, 0.1) is 28.6 Å². The van der Waals surface area contributed by atoms with Crippen molar-refractivity contribution in [2.75, 3.05) is 4.90 Å². The summed E-state index contributed by atoms with van der Waals surface area (Å²) in [7, 11) is 0. The van der Waals surface area contributed by atoms with E-state index in [1.54, 1.807) is 0 Å². The first-order chi connectivity index (χ1) is 17.6. The number of rotatable bonds is 1. The number of fused-ring (bicyclic) bond motifs is 7. The fourth-order valence-corrected chi connectivity index (χ4v) is 7.45. The predicted octanol–water partition coefficient (Wildman–Crippen LogP) is 6.00. The van der Waals surface area contributed by atoms with E-state index in [4.69, 9.17) is 0 Å². The molecule has 0 fully saturated rings. The van der Waals surface area contributed by atoms with Crippen LogP contribution in [0.3, 0.4) is 0 Å². The van der Waals surface area contributed by atoms with Crippen LogP contribution in [0.25, 0.3) is 22.7 Å². The Morgan fingerprint density at radius 1 is 0.778 bits per heavy atom. The van der Waals surface area contributed by atoms with Gasteiger partial charge in [-0.1, -0.05) is 95.0 Å². The summed E-state index contributed by atoms with van der Waals surface area (Å²) in [6.45, 7) is 7.00. The van der Waals surface area contributed by atoms with E-state index in [0.717, 1.165) is 6.42 Å². The second-order valence-electron chi connectivity index (χ2n) is 10.7. The molecule has 0 saturated carbocycles. The van der Waals surface area contributed by atoms with Crippen LogP contribution in [0.2, 0.25) is 0 Å². The van der Waals surface area contributed by atoms with Gasteiger partial charge >= 0.3 is 0 Å². The average Bonchev–Trinajstić information content (AvgIpc) is 3.22. The van der Waals surface area contributed by atoms with Gasteiger partial charge in [-0.2, -0.15) is 0 Å². The van der Waals surface area contributed by atoms with Crippen molar-refractivity contribution in [2.45, 2.75) is 33.2 Å². The van der Waals surface area contributed by atoms with Gasteiger partial charge in [0.2, 0.25) is 6.71 Å². The summed E-state index contributed by atoms with van der Waals surface area (Å²) in [4.78, 5) is 2.66. The molecular formula is C33H27BN2. The van der Waals surface area contributed by atoms with Crippen molar-refractivity contribution in [3.8, 4) is 5.69 Å². The zero-order valence-electron chi connectivity index (χ0n) is 20.9. The molecule has 3 aliphatic rings. The Kier molecular flexibility index (Phi) is 3.96. The van der Waals surface area contributed by atoms with Gasteiger partial charge in [-0.3, -0.25) is 0 Å². The lowest BCUT2D eigenvalue weighted by Crippen LogP contribution is -2.60.